The van der Waals surface area contributed by atoms with E-state index in [1.807, 2.05) is 18.2 Å². The van der Waals surface area contributed by atoms with Gasteiger partial charge in [-0.15, -0.1) is 0 Å². The van der Waals surface area contributed by atoms with Crippen LogP contribution in [0.1, 0.15) is 5.56 Å². The van der Waals surface area contributed by atoms with Gasteiger partial charge < -0.3 is 4.90 Å². The van der Waals surface area contributed by atoms with Gasteiger partial charge in [0.25, 0.3) is 5.54 Å². The van der Waals surface area contributed by atoms with Gasteiger partial charge in [-0.25, -0.2) is 0 Å². The molecule has 1 aromatic carbocycles. The Labute approximate surface area is 134 Å². The van der Waals surface area contributed by atoms with Crippen molar-refractivity contribution >= 4 is 17.2 Å². The first-order valence-corrected chi connectivity index (χ1v) is 7.13. The molecule has 0 radical (unpaired) electrons. The Balaban J connectivity index is 2.48. The number of hydrogen-bond donors (Lipinski definition) is 0. The highest BCUT2D eigenvalue weighted by molar-refractivity contribution is 6.32. The van der Waals surface area contributed by atoms with Gasteiger partial charge in [0, 0.05) is 15.5 Å². The summed E-state index contributed by atoms with van der Waals surface area (Å²) in [5.41, 5.74) is 0.0547. The maximum Gasteiger partial charge on any atom is 0.272 e. The van der Waals surface area contributed by atoms with Crippen LogP contribution in [0.3, 0.4) is 0 Å². The fourth-order valence-electron chi connectivity index (χ4n) is 2.63. The first-order chi connectivity index (χ1) is 10.4. The molecule has 5 nitrogen and oxygen atoms in total. The topological polar surface area (TPSA) is 70.2 Å². The minimum absolute atomic E-state index is 0.154. The number of allylic oxidation sites excluding steroid dienone is 2. The maximum atomic E-state index is 11.6. The van der Waals surface area contributed by atoms with E-state index in [0.717, 1.165) is 11.1 Å². The standard InChI is InChI=1S/C16H16ClN3O2/c1-19(2)11-16(20(21)22)8-7-12(9-13(16)10-18)14-5-3-4-6-15(14)17/h3-9,13H,11H2,1-2H3. The number of nitriles is 1. The molecule has 0 aromatic heterocycles. The Morgan fingerprint density at radius 3 is 2.68 bits per heavy atom. The van der Waals surface area contributed by atoms with Gasteiger partial charge in [0.15, 0.2) is 0 Å². The van der Waals surface area contributed by atoms with Crippen LogP contribution < -0.4 is 0 Å². The zero-order valence-electron chi connectivity index (χ0n) is 12.4. The van der Waals surface area contributed by atoms with Gasteiger partial charge in [0.05, 0.1) is 12.6 Å². The Hall–Kier alpha value is -2.16. The molecular weight excluding hydrogens is 302 g/mol. The average molecular weight is 318 g/mol. The van der Waals surface area contributed by atoms with Crippen molar-refractivity contribution in [2.24, 2.45) is 5.92 Å². The molecule has 0 bridgehead atoms. The van der Waals surface area contributed by atoms with E-state index in [0.29, 0.717) is 5.02 Å². The van der Waals surface area contributed by atoms with Gasteiger partial charge in [-0.1, -0.05) is 42.0 Å². The number of halogens is 1. The van der Waals surface area contributed by atoms with Crippen molar-refractivity contribution in [2.45, 2.75) is 5.54 Å². The zero-order valence-corrected chi connectivity index (χ0v) is 13.1. The van der Waals surface area contributed by atoms with Crippen LogP contribution in [-0.4, -0.2) is 36.0 Å². The summed E-state index contributed by atoms with van der Waals surface area (Å²) in [6.07, 6.45) is 4.83. The van der Waals surface area contributed by atoms with Crippen LogP contribution in [0.2, 0.25) is 5.02 Å². The third-order valence-electron chi connectivity index (χ3n) is 3.67. The Morgan fingerprint density at radius 1 is 1.45 bits per heavy atom. The monoisotopic (exact) mass is 317 g/mol. The molecule has 2 rings (SSSR count). The molecule has 6 heteroatoms. The van der Waals surface area contributed by atoms with E-state index < -0.39 is 11.5 Å². The Bertz CT molecular complexity index is 691. The van der Waals surface area contributed by atoms with Gasteiger partial charge in [-0.2, -0.15) is 5.26 Å². The lowest BCUT2D eigenvalue weighted by Gasteiger charge is -2.30. The first-order valence-electron chi connectivity index (χ1n) is 6.75. The summed E-state index contributed by atoms with van der Waals surface area (Å²) in [7, 11) is 3.50. The first kappa shape index (κ1) is 16.2. The molecule has 0 saturated heterocycles. The second-order valence-electron chi connectivity index (χ2n) is 5.53. The van der Waals surface area contributed by atoms with Crippen LogP contribution in [0.4, 0.5) is 0 Å². The summed E-state index contributed by atoms with van der Waals surface area (Å²) in [6, 6.07) is 9.30. The molecule has 1 aliphatic carbocycles. The van der Waals surface area contributed by atoms with Gasteiger partial charge in [-0.3, -0.25) is 10.1 Å². The predicted molar refractivity (Wildman–Crippen MR) is 86.0 cm³/mol. The van der Waals surface area contributed by atoms with Crippen LogP contribution in [0.15, 0.2) is 42.5 Å². The molecule has 0 amide bonds. The number of nitro groups is 1. The highest BCUT2D eigenvalue weighted by atomic mass is 35.5. The smallest absolute Gasteiger partial charge is 0.272 e. The lowest BCUT2D eigenvalue weighted by atomic mass is 9.78. The maximum absolute atomic E-state index is 11.6. The van der Waals surface area contributed by atoms with Crippen LogP contribution in [0, 0.1) is 27.4 Å². The SMILES string of the molecule is CN(C)CC1([N+](=O)[O-])C=CC(c2ccccc2Cl)=CC1C#N. The van der Waals surface area contributed by atoms with E-state index in [2.05, 4.69) is 6.07 Å². The largest absolute Gasteiger partial charge is 0.302 e. The number of likely N-dealkylation sites (N-methyl/N-ethyl adjacent to an activating group) is 1. The van der Waals surface area contributed by atoms with Crippen molar-refractivity contribution in [2.75, 3.05) is 20.6 Å². The highest BCUT2D eigenvalue weighted by Crippen LogP contribution is 2.35. The van der Waals surface area contributed by atoms with E-state index >= 15 is 0 Å². The lowest BCUT2D eigenvalue weighted by molar-refractivity contribution is -0.560. The van der Waals surface area contributed by atoms with E-state index in [1.54, 1.807) is 37.2 Å². The van der Waals surface area contributed by atoms with E-state index in [9.17, 15) is 15.4 Å². The van der Waals surface area contributed by atoms with Gasteiger partial charge in [-0.05, 0) is 31.8 Å². The van der Waals surface area contributed by atoms with Crippen LogP contribution in [0.5, 0.6) is 0 Å². The summed E-state index contributed by atoms with van der Waals surface area (Å²) in [4.78, 5) is 12.9. The molecule has 114 valence electrons. The molecular formula is C16H16ClN3O2. The fourth-order valence-corrected chi connectivity index (χ4v) is 2.88. The zero-order chi connectivity index (χ0) is 16.3. The van der Waals surface area contributed by atoms with Crippen molar-refractivity contribution in [3.63, 3.8) is 0 Å². The minimum atomic E-state index is -1.44. The second kappa shape index (κ2) is 6.30. The summed E-state index contributed by atoms with van der Waals surface area (Å²) in [6.45, 7) is 0.154. The van der Waals surface area contributed by atoms with Crippen LogP contribution in [-0.2, 0) is 0 Å². The summed E-state index contributed by atoms with van der Waals surface area (Å²) >= 11 is 6.17. The van der Waals surface area contributed by atoms with Crippen LogP contribution >= 0.6 is 11.6 Å². The third-order valence-corrected chi connectivity index (χ3v) is 4.00. The van der Waals surface area contributed by atoms with E-state index in [4.69, 9.17) is 11.6 Å². The minimum Gasteiger partial charge on any atom is -0.302 e. The molecule has 0 fully saturated rings. The fraction of sp³-hybridized carbons (Fsp3) is 0.312. The normalized spacial score (nSPS) is 24.0. The molecule has 1 aromatic rings. The van der Waals surface area contributed by atoms with Gasteiger partial charge in [0.1, 0.15) is 5.92 Å². The second-order valence-corrected chi connectivity index (χ2v) is 5.94. The van der Waals surface area contributed by atoms with Gasteiger partial charge in [0.2, 0.25) is 0 Å². The molecule has 2 unspecified atom stereocenters. The van der Waals surface area contributed by atoms with Crippen molar-refractivity contribution in [1.29, 1.82) is 5.26 Å². The molecule has 2 atom stereocenters. The van der Waals surface area contributed by atoms with Crippen molar-refractivity contribution in [1.82, 2.24) is 4.90 Å². The molecule has 0 N–H and O–H groups in total. The molecule has 0 spiro atoms. The predicted octanol–water partition coefficient (Wildman–Crippen LogP) is 3.01. The number of hydrogen-bond acceptors (Lipinski definition) is 4. The van der Waals surface area contributed by atoms with Crippen molar-refractivity contribution < 1.29 is 4.92 Å². The summed E-state index contributed by atoms with van der Waals surface area (Å²) < 4.78 is 0. The van der Waals surface area contributed by atoms with E-state index in [1.165, 1.54) is 6.08 Å². The van der Waals surface area contributed by atoms with Gasteiger partial charge >= 0.3 is 0 Å². The molecule has 22 heavy (non-hydrogen) atoms. The lowest BCUT2D eigenvalue weighted by Crippen LogP contribution is -2.51. The highest BCUT2D eigenvalue weighted by Gasteiger charge is 2.50. The van der Waals surface area contributed by atoms with Crippen molar-refractivity contribution in [3.05, 3.63) is 63.2 Å². The van der Waals surface area contributed by atoms with E-state index in [-0.39, 0.29) is 11.5 Å². The average Bonchev–Trinajstić information content (AvgIpc) is 2.47. The number of benzene rings is 1. The summed E-state index contributed by atoms with van der Waals surface area (Å²) in [5.74, 6) is -0.860. The number of rotatable bonds is 4. The quantitative estimate of drug-likeness (QED) is 0.632. The third kappa shape index (κ3) is 2.89. The van der Waals surface area contributed by atoms with Crippen molar-refractivity contribution in [3.8, 4) is 6.07 Å². The van der Waals surface area contributed by atoms with Crippen LogP contribution in [0.25, 0.3) is 5.57 Å². The Kier molecular flexibility index (Phi) is 4.65. The molecule has 0 saturated carbocycles. The summed E-state index contributed by atoms with van der Waals surface area (Å²) in [5, 5.41) is 21.6. The molecule has 1 aliphatic rings. The molecule has 0 heterocycles. The molecule has 0 aliphatic heterocycles. The Morgan fingerprint density at radius 2 is 2.14 bits per heavy atom. The number of nitrogens with zero attached hydrogens (tertiary/aromatic N) is 3.